The lowest BCUT2D eigenvalue weighted by Gasteiger charge is -2.43. The molecule has 1 aliphatic rings. The van der Waals surface area contributed by atoms with Crippen LogP contribution in [0.25, 0.3) is 22.2 Å². The summed E-state index contributed by atoms with van der Waals surface area (Å²) >= 11 is 0. The third kappa shape index (κ3) is 5.30. The molecule has 3 heterocycles. The molecule has 1 fully saturated rings. The van der Waals surface area contributed by atoms with Gasteiger partial charge in [0, 0.05) is 61.8 Å². The molecule has 0 aliphatic carbocycles. The number of nitrogens with zero attached hydrogens (tertiary/aromatic N) is 5. The van der Waals surface area contributed by atoms with Gasteiger partial charge in [0.15, 0.2) is 0 Å². The fourth-order valence-electron chi connectivity index (χ4n) is 4.98. The van der Waals surface area contributed by atoms with Crippen LogP contribution in [0.3, 0.4) is 0 Å². The van der Waals surface area contributed by atoms with E-state index in [1.165, 1.54) is 6.20 Å². The van der Waals surface area contributed by atoms with Crippen molar-refractivity contribution in [3.8, 4) is 16.9 Å². The summed E-state index contributed by atoms with van der Waals surface area (Å²) in [4.78, 5) is 37.1. The van der Waals surface area contributed by atoms with Crippen LogP contribution in [0.15, 0.2) is 47.7 Å². The molecular weight excluding hydrogens is 446 g/mol. The second kappa shape index (κ2) is 10.0. The summed E-state index contributed by atoms with van der Waals surface area (Å²) in [5, 5.41) is 9.71. The maximum atomic E-state index is 12.8. The van der Waals surface area contributed by atoms with Gasteiger partial charge in [0.1, 0.15) is 5.75 Å². The molecule has 1 N–H and O–H groups in total. The molecule has 186 valence electrons. The van der Waals surface area contributed by atoms with E-state index in [0.29, 0.717) is 18.8 Å². The van der Waals surface area contributed by atoms with Crippen molar-refractivity contribution in [1.82, 2.24) is 24.3 Å². The van der Waals surface area contributed by atoms with E-state index in [1.807, 2.05) is 45.0 Å². The van der Waals surface area contributed by atoms with E-state index in [-0.39, 0.29) is 11.6 Å². The second-order valence-corrected chi connectivity index (χ2v) is 9.92. The minimum absolute atomic E-state index is 0.000379. The zero-order valence-corrected chi connectivity index (χ0v) is 20.8. The van der Waals surface area contributed by atoms with Crippen molar-refractivity contribution in [2.75, 3.05) is 26.7 Å². The Balaban J connectivity index is 1.55. The molecule has 9 nitrogen and oxygen atoms in total. The third-order valence-corrected chi connectivity index (χ3v) is 6.64. The number of ether oxygens (including phenoxy) is 1. The van der Waals surface area contributed by atoms with Gasteiger partial charge in [0.25, 0.3) is 5.56 Å². The molecule has 9 heteroatoms. The Labute approximate surface area is 205 Å². The van der Waals surface area contributed by atoms with Crippen LogP contribution in [0.4, 0.5) is 4.79 Å². The molecule has 35 heavy (non-hydrogen) atoms. The van der Waals surface area contributed by atoms with Gasteiger partial charge >= 0.3 is 6.09 Å². The largest absolute Gasteiger partial charge is 0.497 e. The van der Waals surface area contributed by atoms with Crippen LogP contribution >= 0.6 is 0 Å². The number of rotatable bonds is 6. The standard InChI is InChI=1S/C26H33N5O4/c1-26(2,3)31(25(33)34)19-7-11-29(12-8-19)13-14-30-22-16-20(35-4)15-21(18-5-9-27-10-6-18)24(22)28-17-23(30)32/h5-6,9-10,15-17,19H,7-8,11-14H2,1-4H3,(H,33,34). The molecule has 0 bridgehead atoms. The van der Waals surface area contributed by atoms with Crippen molar-refractivity contribution in [3.05, 3.63) is 53.2 Å². The molecule has 0 radical (unpaired) electrons. The van der Waals surface area contributed by atoms with Crippen molar-refractivity contribution in [1.29, 1.82) is 0 Å². The van der Waals surface area contributed by atoms with Crippen molar-refractivity contribution >= 4 is 17.1 Å². The minimum atomic E-state index is -0.871. The maximum Gasteiger partial charge on any atom is 0.407 e. The minimum Gasteiger partial charge on any atom is -0.497 e. The second-order valence-electron chi connectivity index (χ2n) is 9.92. The summed E-state index contributed by atoms with van der Waals surface area (Å²) in [7, 11) is 1.61. The van der Waals surface area contributed by atoms with Gasteiger partial charge in [-0.3, -0.25) is 9.78 Å². The SMILES string of the molecule is COc1cc(-c2ccncc2)c2ncc(=O)n(CCN3CCC(N(C(=O)O)C(C)(C)C)CC3)c2c1. The number of aromatic nitrogens is 3. The summed E-state index contributed by atoms with van der Waals surface area (Å²) in [6, 6.07) is 7.60. The highest BCUT2D eigenvalue weighted by atomic mass is 16.5. The quantitative estimate of drug-likeness (QED) is 0.575. The molecule has 3 aromatic rings. The van der Waals surface area contributed by atoms with E-state index in [1.54, 1.807) is 29.0 Å². The fourth-order valence-corrected chi connectivity index (χ4v) is 4.98. The lowest BCUT2D eigenvalue weighted by atomic mass is 9.97. The van der Waals surface area contributed by atoms with Gasteiger partial charge in [0.05, 0.1) is 24.3 Å². The normalized spacial score (nSPS) is 15.3. The predicted octanol–water partition coefficient (Wildman–Crippen LogP) is 3.71. The first kappa shape index (κ1) is 24.7. The molecular formula is C26H33N5O4. The summed E-state index contributed by atoms with van der Waals surface area (Å²) in [5.41, 5.74) is 2.69. The van der Waals surface area contributed by atoms with Crippen LogP contribution in [0.1, 0.15) is 33.6 Å². The van der Waals surface area contributed by atoms with E-state index >= 15 is 0 Å². The lowest BCUT2D eigenvalue weighted by molar-refractivity contribution is 0.0417. The first-order valence-electron chi connectivity index (χ1n) is 11.9. The van der Waals surface area contributed by atoms with Crippen LogP contribution in [0.5, 0.6) is 5.75 Å². The Morgan fingerprint density at radius 1 is 1.17 bits per heavy atom. The van der Waals surface area contributed by atoms with Crippen LogP contribution in [0.2, 0.25) is 0 Å². The number of amides is 1. The highest BCUT2D eigenvalue weighted by molar-refractivity contribution is 5.93. The van der Waals surface area contributed by atoms with Crippen molar-refractivity contribution < 1.29 is 14.6 Å². The number of methoxy groups -OCH3 is 1. The third-order valence-electron chi connectivity index (χ3n) is 6.64. The molecule has 0 atom stereocenters. The number of carboxylic acid groups (broad SMARTS) is 1. The first-order chi connectivity index (χ1) is 16.7. The molecule has 1 saturated heterocycles. The van der Waals surface area contributed by atoms with Crippen LogP contribution in [0, 0.1) is 0 Å². The average Bonchev–Trinajstić information content (AvgIpc) is 2.83. The maximum absolute atomic E-state index is 12.8. The van der Waals surface area contributed by atoms with E-state index in [9.17, 15) is 14.7 Å². The Morgan fingerprint density at radius 2 is 1.86 bits per heavy atom. The number of benzene rings is 1. The Hall–Kier alpha value is -3.46. The summed E-state index contributed by atoms with van der Waals surface area (Å²) in [5.74, 6) is 0.655. The summed E-state index contributed by atoms with van der Waals surface area (Å²) in [6.45, 7) is 8.57. The van der Waals surface area contributed by atoms with Gasteiger partial charge in [-0.25, -0.2) is 9.78 Å². The highest BCUT2D eigenvalue weighted by Gasteiger charge is 2.35. The van der Waals surface area contributed by atoms with Crippen LogP contribution < -0.4 is 10.3 Å². The molecule has 2 aromatic heterocycles. The number of carbonyl (C=O) groups is 1. The zero-order valence-electron chi connectivity index (χ0n) is 20.8. The number of hydrogen-bond donors (Lipinski definition) is 1. The topological polar surface area (TPSA) is 101 Å². The Kier molecular flexibility index (Phi) is 7.07. The summed E-state index contributed by atoms with van der Waals surface area (Å²) < 4.78 is 7.28. The molecule has 0 saturated carbocycles. The summed E-state index contributed by atoms with van der Waals surface area (Å²) in [6.07, 6.45) is 5.51. The van der Waals surface area contributed by atoms with Gasteiger partial charge in [0.2, 0.25) is 0 Å². The Bertz CT molecular complexity index is 1240. The molecule has 0 spiro atoms. The molecule has 1 aromatic carbocycles. The van der Waals surface area contributed by atoms with Gasteiger partial charge in [-0.2, -0.15) is 0 Å². The van der Waals surface area contributed by atoms with E-state index in [0.717, 1.165) is 48.1 Å². The number of pyridine rings is 1. The van der Waals surface area contributed by atoms with Crippen molar-refractivity contribution in [2.24, 2.45) is 0 Å². The van der Waals surface area contributed by atoms with Gasteiger partial charge in [-0.15, -0.1) is 0 Å². The molecule has 4 rings (SSSR count). The average molecular weight is 480 g/mol. The van der Waals surface area contributed by atoms with E-state index in [2.05, 4.69) is 14.9 Å². The zero-order chi connectivity index (χ0) is 25.2. The number of fused-ring (bicyclic) bond motifs is 1. The highest BCUT2D eigenvalue weighted by Crippen LogP contribution is 2.31. The van der Waals surface area contributed by atoms with Crippen LogP contribution in [-0.4, -0.2) is 73.9 Å². The van der Waals surface area contributed by atoms with Crippen LogP contribution in [-0.2, 0) is 6.54 Å². The van der Waals surface area contributed by atoms with Gasteiger partial charge < -0.3 is 24.2 Å². The van der Waals surface area contributed by atoms with E-state index < -0.39 is 11.6 Å². The lowest BCUT2D eigenvalue weighted by Crippen LogP contribution is -2.54. The number of likely N-dealkylation sites (tertiary alicyclic amines) is 1. The Morgan fingerprint density at radius 3 is 2.46 bits per heavy atom. The van der Waals surface area contributed by atoms with Crippen molar-refractivity contribution in [2.45, 2.75) is 51.7 Å². The van der Waals surface area contributed by atoms with Gasteiger partial charge in [-0.1, -0.05) is 0 Å². The molecule has 0 unspecified atom stereocenters. The monoisotopic (exact) mass is 479 g/mol. The number of hydrogen-bond acceptors (Lipinski definition) is 6. The van der Waals surface area contributed by atoms with Crippen molar-refractivity contribution in [3.63, 3.8) is 0 Å². The smallest absolute Gasteiger partial charge is 0.407 e. The van der Waals surface area contributed by atoms with E-state index in [4.69, 9.17) is 4.74 Å². The van der Waals surface area contributed by atoms with Gasteiger partial charge in [-0.05, 0) is 57.4 Å². The molecule has 1 amide bonds. The predicted molar refractivity (Wildman–Crippen MR) is 135 cm³/mol. The first-order valence-corrected chi connectivity index (χ1v) is 11.9. The molecule has 1 aliphatic heterocycles. The fraction of sp³-hybridized carbons (Fsp3) is 0.462. The number of piperidine rings is 1.